The van der Waals surface area contributed by atoms with E-state index in [-0.39, 0.29) is 56.7 Å². The SMILES string of the molecule is Cc1c(C(=O)O)c(C(=O)C2CC2)cc(-c2ccc(S(=O)(=O)CCN)cc2)c1C(=O)O. The zero-order valence-corrected chi connectivity index (χ0v) is 17.0. The Kier molecular flexibility index (Phi) is 5.78. The Labute approximate surface area is 173 Å². The summed E-state index contributed by atoms with van der Waals surface area (Å²) in [5.74, 6) is -3.51. The third-order valence-electron chi connectivity index (χ3n) is 5.13. The summed E-state index contributed by atoms with van der Waals surface area (Å²) in [6, 6.07) is 6.86. The van der Waals surface area contributed by atoms with Crippen LogP contribution in [0.3, 0.4) is 0 Å². The minimum Gasteiger partial charge on any atom is -0.478 e. The summed E-state index contributed by atoms with van der Waals surface area (Å²) >= 11 is 0. The Bertz CT molecular complexity index is 1150. The quantitative estimate of drug-likeness (QED) is 0.539. The van der Waals surface area contributed by atoms with Gasteiger partial charge in [-0.3, -0.25) is 4.79 Å². The summed E-state index contributed by atoms with van der Waals surface area (Å²) < 4.78 is 24.3. The molecule has 1 aliphatic carbocycles. The zero-order chi connectivity index (χ0) is 22.2. The number of nitrogens with two attached hydrogens (primary N) is 1. The number of aromatic carboxylic acids is 2. The summed E-state index contributed by atoms with van der Waals surface area (Å²) in [6.07, 6.45) is 1.33. The van der Waals surface area contributed by atoms with E-state index in [0.717, 1.165) is 0 Å². The molecule has 158 valence electrons. The molecule has 2 aromatic carbocycles. The fraction of sp³-hybridized carbons (Fsp3) is 0.286. The van der Waals surface area contributed by atoms with E-state index in [1.807, 2.05) is 0 Å². The van der Waals surface area contributed by atoms with Crippen LogP contribution in [0.1, 0.15) is 49.5 Å². The fourth-order valence-corrected chi connectivity index (χ4v) is 4.57. The van der Waals surface area contributed by atoms with E-state index in [0.29, 0.717) is 18.4 Å². The second-order valence-corrected chi connectivity index (χ2v) is 9.34. The number of ketones is 1. The van der Waals surface area contributed by atoms with Gasteiger partial charge >= 0.3 is 11.9 Å². The molecule has 3 rings (SSSR count). The van der Waals surface area contributed by atoms with Crippen LogP contribution >= 0.6 is 0 Å². The molecule has 0 atom stereocenters. The average molecular weight is 431 g/mol. The van der Waals surface area contributed by atoms with Crippen molar-refractivity contribution in [3.8, 4) is 11.1 Å². The molecule has 2 aromatic rings. The lowest BCUT2D eigenvalue weighted by molar-refractivity contribution is 0.0690. The van der Waals surface area contributed by atoms with Gasteiger partial charge in [-0.1, -0.05) is 12.1 Å². The van der Waals surface area contributed by atoms with Gasteiger partial charge in [-0.05, 0) is 54.7 Å². The highest BCUT2D eigenvalue weighted by molar-refractivity contribution is 7.91. The molecule has 0 unspecified atom stereocenters. The number of Topliss-reactive ketones (excluding diaryl/α,β-unsaturated/α-hetero) is 1. The molecule has 0 bridgehead atoms. The second kappa shape index (κ2) is 8.00. The van der Waals surface area contributed by atoms with Crippen molar-refractivity contribution in [3.05, 3.63) is 52.6 Å². The largest absolute Gasteiger partial charge is 0.478 e. The van der Waals surface area contributed by atoms with Crippen LogP contribution in [0.2, 0.25) is 0 Å². The van der Waals surface area contributed by atoms with Crippen molar-refractivity contribution in [1.29, 1.82) is 0 Å². The molecule has 1 saturated carbocycles. The predicted molar refractivity (Wildman–Crippen MR) is 109 cm³/mol. The molecule has 0 spiro atoms. The third kappa shape index (κ3) is 3.99. The average Bonchev–Trinajstić information content (AvgIpc) is 3.51. The highest BCUT2D eigenvalue weighted by atomic mass is 32.2. The molecular weight excluding hydrogens is 410 g/mol. The first-order valence-electron chi connectivity index (χ1n) is 9.30. The molecular formula is C21H21NO7S. The lowest BCUT2D eigenvalue weighted by Crippen LogP contribution is -2.17. The summed E-state index contributed by atoms with van der Waals surface area (Å²) in [7, 11) is -3.56. The van der Waals surface area contributed by atoms with Gasteiger partial charge in [0.15, 0.2) is 15.6 Å². The number of hydrogen-bond acceptors (Lipinski definition) is 6. The molecule has 0 aromatic heterocycles. The van der Waals surface area contributed by atoms with Gasteiger partial charge < -0.3 is 15.9 Å². The number of carboxylic acid groups (broad SMARTS) is 2. The number of sulfone groups is 1. The topological polar surface area (TPSA) is 152 Å². The number of rotatable bonds is 8. The van der Waals surface area contributed by atoms with E-state index in [9.17, 15) is 33.0 Å². The van der Waals surface area contributed by atoms with Crippen LogP contribution in [0.4, 0.5) is 0 Å². The molecule has 4 N–H and O–H groups in total. The van der Waals surface area contributed by atoms with Crippen LogP contribution < -0.4 is 5.73 Å². The van der Waals surface area contributed by atoms with Crippen LogP contribution in [0.5, 0.6) is 0 Å². The van der Waals surface area contributed by atoms with Gasteiger partial charge in [0.25, 0.3) is 0 Å². The zero-order valence-electron chi connectivity index (χ0n) is 16.2. The molecule has 0 saturated heterocycles. The van der Waals surface area contributed by atoms with E-state index >= 15 is 0 Å². The standard InChI is InChI=1S/C21H21NO7S/c1-11-17(20(24)25)15(10-16(18(11)21(26)27)19(23)13-2-3-13)12-4-6-14(7-5-12)30(28,29)9-8-22/h4-7,10,13H,2-3,8-9,22H2,1H3,(H,24,25)(H,26,27). The van der Waals surface area contributed by atoms with Gasteiger partial charge in [-0.2, -0.15) is 0 Å². The maximum Gasteiger partial charge on any atom is 0.336 e. The number of carboxylic acids is 2. The van der Waals surface area contributed by atoms with Gasteiger partial charge in [0.05, 0.1) is 21.8 Å². The monoisotopic (exact) mass is 431 g/mol. The molecule has 1 fully saturated rings. The highest BCUT2D eigenvalue weighted by Crippen LogP contribution is 2.37. The number of benzene rings is 2. The maximum absolute atomic E-state index is 12.7. The Morgan fingerprint density at radius 2 is 1.60 bits per heavy atom. The van der Waals surface area contributed by atoms with Gasteiger partial charge in [-0.15, -0.1) is 0 Å². The first-order valence-corrected chi connectivity index (χ1v) is 11.0. The molecule has 8 nitrogen and oxygen atoms in total. The van der Waals surface area contributed by atoms with Crippen LogP contribution in [-0.4, -0.2) is 48.7 Å². The van der Waals surface area contributed by atoms with Gasteiger partial charge in [0, 0.05) is 18.0 Å². The Morgan fingerprint density at radius 1 is 1.03 bits per heavy atom. The van der Waals surface area contributed by atoms with Crippen molar-refractivity contribution < 1.29 is 33.0 Å². The number of carbonyl (C=O) groups excluding carboxylic acids is 1. The van der Waals surface area contributed by atoms with Crippen molar-refractivity contribution in [2.45, 2.75) is 24.7 Å². The third-order valence-corrected chi connectivity index (χ3v) is 6.89. The summed E-state index contributed by atoms with van der Waals surface area (Å²) in [6.45, 7) is 1.33. The smallest absolute Gasteiger partial charge is 0.336 e. The van der Waals surface area contributed by atoms with E-state index in [4.69, 9.17) is 5.73 Å². The van der Waals surface area contributed by atoms with Crippen LogP contribution in [0.15, 0.2) is 35.2 Å². The second-order valence-electron chi connectivity index (χ2n) is 7.23. The Balaban J connectivity index is 2.22. The number of hydrogen-bond donors (Lipinski definition) is 3. The normalized spacial score (nSPS) is 13.8. The minimum atomic E-state index is -3.56. The Hall–Kier alpha value is -3.04. The summed E-state index contributed by atoms with van der Waals surface area (Å²) in [5, 5.41) is 19.4. The maximum atomic E-state index is 12.7. The van der Waals surface area contributed by atoms with Crippen LogP contribution in [0.25, 0.3) is 11.1 Å². The molecule has 0 aliphatic heterocycles. The van der Waals surface area contributed by atoms with Crippen molar-refractivity contribution in [2.75, 3.05) is 12.3 Å². The molecule has 0 amide bonds. The molecule has 9 heteroatoms. The van der Waals surface area contributed by atoms with Crippen LogP contribution in [0, 0.1) is 12.8 Å². The van der Waals surface area contributed by atoms with E-state index < -0.39 is 21.8 Å². The van der Waals surface area contributed by atoms with Crippen molar-refractivity contribution in [1.82, 2.24) is 0 Å². The predicted octanol–water partition coefficient (Wildman–Crippen LogP) is 2.38. The van der Waals surface area contributed by atoms with E-state index in [2.05, 4.69) is 0 Å². The first kappa shape index (κ1) is 21.7. The molecule has 1 aliphatic rings. The first-order chi connectivity index (χ1) is 14.1. The van der Waals surface area contributed by atoms with Crippen molar-refractivity contribution >= 4 is 27.6 Å². The number of carbonyl (C=O) groups is 3. The summed E-state index contributed by atoms with van der Waals surface area (Å²) in [5.41, 5.74) is 5.27. The molecule has 30 heavy (non-hydrogen) atoms. The lowest BCUT2D eigenvalue weighted by atomic mass is 9.87. The molecule has 0 heterocycles. The van der Waals surface area contributed by atoms with E-state index in [1.165, 1.54) is 37.3 Å². The van der Waals surface area contributed by atoms with Crippen LogP contribution in [-0.2, 0) is 9.84 Å². The van der Waals surface area contributed by atoms with Gasteiger partial charge in [-0.25, -0.2) is 18.0 Å². The minimum absolute atomic E-state index is 0.0173. The van der Waals surface area contributed by atoms with Gasteiger partial charge in [0.2, 0.25) is 0 Å². The van der Waals surface area contributed by atoms with Crippen molar-refractivity contribution in [3.63, 3.8) is 0 Å². The highest BCUT2D eigenvalue weighted by Gasteiger charge is 2.35. The van der Waals surface area contributed by atoms with E-state index in [1.54, 1.807) is 0 Å². The lowest BCUT2D eigenvalue weighted by Gasteiger charge is -2.16. The molecule has 0 radical (unpaired) electrons. The summed E-state index contributed by atoms with van der Waals surface area (Å²) in [4.78, 5) is 36.5. The van der Waals surface area contributed by atoms with Gasteiger partial charge in [0.1, 0.15) is 0 Å². The Morgan fingerprint density at radius 3 is 2.07 bits per heavy atom. The van der Waals surface area contributed by atoms with Crippen molar-refractivity contribution in [2.24, 2.45) is 11.7 Å². The fourth-order valence-electron chi connectivity index (χ4n) is 3.47.